The zero-order valence-corrected chi connectivity index (χ0v) is 21.6. The fourth-order valence-electron chi connectivity index (χ4n) is 5.30. The first-order valence-corrected chi connectivity index (χ1v) is 11.8. The summed E-state index contributed by atoms with van der Waals surface area (Å²) in [6.07, 6.45) is 9.72. The van der Waals surface area contributed by atoms with Crippen LogP contribution in [0.2, 0.25) is 0 Å². The highest BCUT2D eigenvalue weighted by Crippen LogP contribution is 2.52. The van der Waals surface area contributed by atoms with E-state index in [4.69, 9.17) is 0 Å². The van der Waals surface area contributed by atoms with E-state index in [0.29, 0.717) is 32.0 Å². The van der Waals surface area contributed by atoms with Crippen molar-refractivity contribution in [3.8, 4) is 5.69 Å². The minimum atomic E-state index is -0.115. The summed E-state index contributed by atoms with van der Waals surface area (Å²) in [5, 5.41) is 11.0. The van der Waals surface area contributed by atoms with E-state index in [2.05, 4.69) is 32.9 Å². The highest BCUT2D eigenvalue weighted by atomic mass is 127. The number of guanidine groups is 1. The predicted molar refractivity (Wildman–Crippen MR) is 141 cm³/mol. The van der Waals surface area contributed by atoms with E-state index in [1.807, 2.05) is 54.3 Å². The number of rotatable bonds is 8. The topological polar surface area (TPSA) is 91.6 Å². The highest BCUT2D eigenvalue weighted by molar-refractivity contribution is 14.0. The maximum Gasteiger partial charge on any atom is 0.233 e. The maximum atomic E-state index is 12.8. The minimum absolute atomic E-state index is 0. The molecule has 1 aromatic carbocycles. The largest absolute Gasteiger partial charge is 0.357 e. The molecule has 1 saturated heterocycles. The van der Waals surface area contributed by atoms with E-state index in [-0.39, 0.29) is 59.5 Å². The second kappa shape index (κ2) is 10.7. The lowest BCUT2D eigenvalue weighted by molar-refractivity contribution is -0.140. The summed E-state index contributed by atoms with van der Waals surface area (Å²) in [5.41, 5.74) is 2.02. The SMILES string of the molecule is CCNC(=NCc1cnn(-c2ccccc2)c1)NCCCN1C(=O)C2C3C=CC(C3)C2C1=O.I. The van der Waals surface area contributed by atoms with Crippen LogP contribution in [0, 0.1) is 23.7 Å². The van der Waals surface area contributed by atoms with Gasteiger partial charge < -0.3 is 10.6 Å². The van der Waals surface area contributed by atoms with Crippen molar-refractivity contribution >= 4 is 41.8 Å². The van der Waals surface area contributed by atoms with Crippen molar-refractivity contribution in [1.82, 2.24) is 25.3 Å². The molecule has 0 spiro atoms. The van der Waals surface area contributed by atoms with Crippen LogP contribution in [0.3, 0.4) is 0 Å². The average Bonchev–Trinajstić information content (AvgIpc) is 3.61. The van der Waals surface area contributed by atoms with Gasteiger partial charge in [-0.3, -0.25) is 14.5 Å². The van der Waals surface area contributed by atoms with Gasteiger partial charge in [0.1, 0.15) is 0 Å². The molecule has 9 heteroatoms. The quantitative estimate of drug-likeness (QED) is 0.126. The van der Waals surface area contributed by atoms with Crippen molar-refractivity contribution in [2.45, 2.75) is 26.3 Å². The number of nitrogens with one attached hydrogen (secondary N) is 2. The number of hydrogen-bond donors (Lipinski definition) is 2. The molecular weight excluding hydrogens is 543 g/mol. The normalized spacial score (nSPS) is 25.0. The molecular formula is C25H31IN6O2. The molecule has 4 atom stereocenters. The summed E-state index contributed by atoms with van der Waals surface area (Å²) in [4.78, 5) is 31.7. The monoisotopic (exact) mass is 574 g/mol. The molecule has 0 radical (unpaired) electrons. The molecule has 2 N–H and O–H groups in total. The van der Waals surface area contributed by atoms with Crippen molar-refractivity contribution in [2.75, 3.05) is 19.6 Å². The van der Waals surface area contributed by atoms with Gasteiger partial charge >= 0.3 is 0 Å². The Labute approximate surface area is 216 Å². The highest BCUT2D eigenvalue weighted by Gasteiger charge is 2.58. The van der Waals surface area contributed by atoms with Gasteiger partial charge in [-0.05, 0) is 43.7 Å². The summed E-state index contributed by atoms with van der Waals surface area (Å²) in [6.45, 7) is 4.36. The molecule has 2 aliphatic carbocycles. The zero-order chi connectivity index (χ0) is 22.8. The fraction of sp³-hybridized carbons (Fsp3) is 0.440. The summed E-state index contributed by atoms with van der Waals surface area (Å²) in [7, 11) is 0. The van der Waals surface area contributed by atoms with Crippen molar-refractivity contribution in [2.24, 2.45) is 28.7 Å². The maximum absolute atomic E-state index is 12.8. The second-order valence-electron chi connectivity index (χ2n) is 8.93. The number of hydrogen-bond acceptors (Lipinski definition) is 4. The van der Waals surface area contributed by atoms with Gasteiger partial charge in [0.15, 0.2) is 5.96 Å². The van der Waals surface area contributed by atoms with Crippen LogP contribution in [0.25, 0.3) is 5.69 Å². The van der Waals surface area contributed by atoms with Crippen molar-refractivity contribution < 1.29 is 9.59 Å². The Morgan fingerprint density at radius 1 is 1.09 bits per heavy atom. The van der Waals surface area contributed by atoms with Crippen LogP contribution in [-0.2, 0) is 16.1 Å². The number of amides is 2. The Morgan fingerprint density at radius 2 is 1.79 bits per heavy atom. The van der Waals surface area contributed by atoms with E-state index in [9.17, 15) is 9.59 Å². The van der Waals surface area contributed by atoms with Gasteiger partial charge in [0, 0.05) is 31.4 Å². The van der Waals surface area contributed by atoms with Crippen molar-refractivity contribution in [1.29, 1.82) is 0 Å². The standard InChI is InChI=1S/C25H30N6O2.HI/c1-2-26-25(28-14-17-15-29-31(16-17)20-7-4-3-5-8-20)27-11-6-12-30-23(32)21-18-9-10-19(13-18)22(21)24(30)33;/h3-5,7-10,15-16,18-19,21-22H,2,6,11-14H2,1H3,(H2,26,27,28);1H. The number of imide groups is 1. The Bertz CT molecular complexity index is 1050. The Balaban J connectivity index is 0.00000274. The van der Waals surface area contributed by atoms with E-state index in [1.165, 1.54) is 4.90 Å². The van der Waals surface area contributed by atoms with Crippen LogP contribution < -0.4 is 10.6 Å². The third kappa shape index (κ3) is 4.75. The molecule has 5 rings (SSSR count). The molecule has 3 aliphatic rings. The first-order valence-electron chi connectivity index (χ1n) is 11.8. The molecule has 1 aromatic heterocycles. The van der Waals surface area contributed by atoms with Gasteiger partial charge in [-0.15, -0.1) is 24.0 Å². The number of allylic oxidation sites excluding steroid dienone is 2. The van der Waals surface area contributed by atoms with Gasteiger partial charge in [-0.25, -0.2) is 9.67 Å². The molecule has 4 unspecified atom stereocenters. The molecule has 2 fully saturated rings. The number of aromatic nitrogens is 2. The Kier molecular flexibility index (Phi) is 7.70. The van der Waals surface area contributed by atoms with Crippen molar-refractivity contribution in [3.05, 3.63) is 60.4 Å². The summed E-state index contributed by atoms with van der Waals surface area (Å²) in [5.74, 6) is 1.06. The van der Waals surface area contributed by atoms with Gasteiger partial charge in [-0.1, -0.05) is 30.4 Å². The smallest absolute Gasteiger partial charge is 0.233 e. The summed E-state index contributed by atoms with van der Waals surface area (Å²) >= 11 is 0. The van der Waals surface area contributed by atoms with Gasteiger partial charge in [0.25, 0.3) is 0 Å². The molecule has 2 aromatic rings. The third-order valence-electron chi connectivity index (χ3n) is 6.83. The lowest BCUT2D eigenvalue weighted by Crippen LogP contribution is -2.40. The Hall–Kier alpha value is -2.69. The lowest BCUT2D eigenvalue weighted by atomic mass is 9.85. The van der Waals surface area contributed by atoms with E-state index in [1.54, 1.807) is 0 Å². The molecule has 34 heavy (non-hydrogen) atoms. The molecule has 1 saturated carbocycles. The average molecular weight is 574 g/mol. The summed E-state index contributed by atoms with van der Waals surface area (Å²) < 4.78 is 1.84. The number of nitrogens with zero attached hydrogens (tertiary/aromatic N) is 4. The molecule has 2 bridgehead atoms. The number of fused-ring (bicyclic) bond motifs is 5. The number of aliphatic imine (C=N–C) groups is 1. The van der Waals surface area contributed by atoms with Gasteiger partial charge in [-0.2, -0.15) is 5.10 Å². The number of benzene rings is 1. The van der Waals surface area contributed by atoms with Crippen LogP contribution in [0.1, 0.15) is 25.3 Å². The number of carbonyl (C=O) groups excluding carboxylic acids is 2. The summed E-state index contributed by atoms with van der Waals surface area (Å²) in [6, 6.07) is 9.97. The number of likely N-dealkylation sites (tertiary alicyclic amines) is 1. The van der Waals surface area contributed by atoms with Crippen LogP contribution >= 0.6 is 24.0 Å². The first-order chi connectivity index (χ1) is 16.2. The molecule has 2 heterocycles. The predicted octanol–water partition coefficient (Wildman–Crippen LogP) is 2.74. The molecule has 1 aliphatic heterocycles. The zero-order valence-electron chi connectivity index (χ0n) is 19.3. The van der Waals surface area contributed by atoms with E-state index in [0.717, 1.165) is 24.2 Å². The number of halogens is 1. The third-order valence-corrected chi connectivity index (χ3v) is 6.83. The lowest BCUT2D eigenvalue weighted by Gasteiger charge is -2.18. The minimum Gasteiger partial charge on any atom is -0.357 e. The van der Waals surface area contributed by atoms with Crippen molar-refractivity contribution in [3.63, 3.8) is 0 Å². The molecule has 8 nitrogen and oxygen atoms in total. The van der Waals surface area contributed by atoms with Gasteiger partial charge in [0.2, 0.25) is 11.8 Å². The number of para-hydroxylation sites is 1. The van der Waals surface area contributed by atoms with E-state index < -0.39 is 0 Å². The molecule has 180 valence electrons. The first kappa shape index (κ1) is 24.4. The van der Waals surface area contributed by atoms with Crippen LogP contribution in [0.5, 0.6) is 0 Å². The van der Waals surface area contributed by atoms with E-state index >= 15 is 0 Å². The van der Waals surface area contributed by atoms with Crippen LogP contribution in [0.4, 0.5) is 0 Å². The fourth-order valence-corrected chi connectivity index (χ4v) is 5.30. The van der Waals surface area contributed by atoms with Gasteiger partial charge in [0.05, 0.1) is 30.3 Å². The Morgan fingerprint density at radius 3 is 2.47 bits per heavy atom. The van der Waals surface area contributed by atoms with Crippen LogP contribution in [0.15, 0.2) is 59.9 Å². The van der Waals surface area contributed by atoms with Crippen LogP contribution in [-0.4, -0.2) is 52.1 Å². The molecule has 2 amide bonds. The number of carbonyl (C=O) groups is 2. The second-order valence-corrected chi connectivity index (χ2v) is 8.93.